The van der Waals surface area contributed by atoms with E-state index in [9.17, 15) is 5.11 Å². The van der Waals surface area contributed by atoms with Gasteiger partial charge in [-0.1, -0.05) is 50.1 Å². The molecule has 1 saturated carbocycles. The lowest BCUT2D eigenvalue weighted by atomic mass is 9.76. The smallest absolute Gasteiger partial charge is 0.153 e. The maximum atomic E-state index is 9.95. The molecule has 1 saturated heterocycles. The van der Waals surface area contributed by atoms with Crippen molar-refractivity contribution in [3.63, 3.8) is 0 Å². The molecule has 9 heteroatoms. The highest BCUT2D eigenvalue weighted by Gasteiger charge is 2.31. The predicted molar refractivity (Wildman–Crippen MR) is 135 cm³/mol. The standard InChI is InChI=1S/C21H30ClN5OS.C3H6O/c1-4-5-7-21(3)8-11-27(12-9-21)19-15(13-28)26-20(14(2)25-19)29-16-6-10-24-18(23)17(16)22;4-3-1-2-3/h6,10,28H,4-5,7-9,11-13H2,1-3H3,(H2,23,24);3-4H,1-2H2. The number of nitrogens with zero attached hydrogens (tertiary/aromatic N) is 4. The van der Waals surface area contributed by atoms with E-state index < -0.39 is 0 Å². The van der Waals surface area contributed by atoms with Gasteiger partial charge in [-0.15, -0.1) is 0 Å². The van der Waals surface area contributed by atoms with Crippen molar-refractivity contribution in [3.8, 4) is 0 Å². The lowest BCUT2D eigenvalue weighted by Gasteiger charge is -2.40. The van der Waals surface area contributed by atoms with Gasteiger partial charge in [-0.05, 0) is 50.5 Å². The van der Waals surface area contributed by atoms with E-state index in [4.69, 9.17) is 32.4 Å². The largest absolute Gasteiger partial charge is 0.393 e. The van der Waals surface area contributed by atoms with Crippen LogP contribution in [-0.2, 0) is 6.61 Å². The minimum Gasteiger partial charge on any atom is -0.393 e. The number of aromatic nitrogens is 3. The number of piperidine rings is 1. The normalized spacial score (nSPS) is 17.5. The first kappa shape index (κ1) is 26.0. The van der Waals surface area contributed by atoms with Gasteiger partial charge < -0.3 is 20.8 Å². The zero-order valence-electron chi connectivity index (χ0n) is 19.8. The number of rotatable bonds is 7. The van der Waals surface area contributed by atoms with Gasteiger partial charge in [0.1, 0.15) is 16.5 Å². The lowest BCUT2D eigenvalue weighted by molar-refractivity contribution is 0.220. The van der Waals surface area contributed by atoms with Crippen LogP contribution in [0.1, 0.15) is 70.2 Å². The summed E-state index contributed by atoms with van der Waals surface area (Å²) in [4.78, 5) is 16.6. The predicted octanol–water partition coefficient (Wildman–Crippen LogP) is 5.00. The van der Waals surface area contributed by atoms with Crippen molar-refractivity contribution in [1.82, 2.24) is 15.0 Å². The van der Waals surface area contributed by atoms with Gasteiger partial charge in [0.05, 0.1) is 23.4 Å². The van der Waals surface area contributed by atoms with Crippen LogP contribution in [0.4, 0.5) is 11.6 Å². The molecule has 2 fully saturated rings. The van der Waals surface area contributed by atoms with Gasteiger partial charge in [0.2, 0.25) is 0 Å². The Balaban J connectivity index is 0.000000690. The van der Waals surface area contributed by atoms with Crippen LogP contribution in [0.2, 0.25) is 5.02 Å². The highest BCUT2D eigenvalue weighted by molar-refractivity contribution is 7.99. The van der Waals surface area contributed by atoms with E-state index in [2.05, 4.69) is 23.7 Å². The number of nitrogen functional groups attached to an aromatic ring is 1. The molecule has 1 aliphatic carbocycles. The van der Waals surface area contributed by atoms with E-state index in [0.717, 1.165) is 60.2 Å². The third kappa shape index (κ3) is 7.18. The van der Waals surface area contributed by atoms with Crippen LogP contribution in [0.3, 0.4) is 0 Å². The third-order valence-electron chi connectivity index (χ3n) is 6.27. The molecular formula is C24H36ClN5O2S. The number of halogens is 1. The Kier molecular flexibility index (Phi) is 9.21. The van der Waals surface area contributed by atoms with Gasteiger partial charge >= 0.3 is 0 Å². The molecule has 3 heterocycles. The molecule has 33 heavy (non-hydrogen) atoms. The molecule has 4 N–H and O–H groups in total. The molecule has 0 spiro atoms. The summed E-state index contributed by atoms with van der Waals surface area (Å²) in [5.41, 5.74) is 7.63. The molecule has 2 aliphatic rings. The van der Waals surface area contributed by atoms with Gasteiger partial charge in [0, 0.05) is 24.2 Å². The average molecular weight is 494 g/mol. The monoisotopic (exact) mass is 493 g/mol. The summed E-state index contributed by atoms with van der Waals surface area (Å²) in [6, 6.07) is 1.80. The molecule has 2 aromatic rings. The van der Waals surface area contributed by atoms with Crippen molar-refractivity contribution in [1.29, 1.82) is 0 Å². The molecule has 0 aromatic carbocycles. The number of hydrogen-bond donors (Lipinski definition) is 3. The van der Waals surface area contributed by atoms with Crippen molar-refractivity contribution < 1.29 is 10.2 Å². The lowest BCUT2D eigenvalue weighted by Crippen LogP contribution is -2.40. The number of unbranched alkanes of at least 4 members (excludes halogenated alkanes) is 1. The Labute approximate surface area is 206 Å². The van der Waals surface area contributed by atoms with E-state index >= 15 is 0 Å². The number of aryl methyl sites for hydroxylation is 1. The zero-order valence-corrected chi connectivity index (χ0v) is 21.4. The summed E-state index contributed by atoms with van der Waals surface area (Å²) in [5.74, 6) is 1.09. The second-order valence-electron chi connectivity index (χ2n) is 9.29. The summed E-state index contributed by atoms with van der Waals surface area (Å²) in [6.45, 7) is 8.33. The summed E-state index contributed by atoms with van der Waals surface area (Å²) >= 11 is 7.66. The first-order valence-electron chi connectivity index (χ1n) is 11.8. The average Bonchev–Trinajstić information content (AvgIpc) is 3.59. The fourth-order valence-corrected chi connectivity index (χ4v) is 4.90. The molecule has 0 unspecified atom stereocenters. The fourth-order valence-electron chi connectivity index (χ4n) is 3.79. The quantitative estimate of drug-likeness (QED) is 0.494. The van der Waals surface area contributed by atoms with Crippen molar-refractivity contribution in [2.75, 3.05) is 23.7 Å². The Hall–Kier alpha value is -1.61. The molecule has 182 valence electrons. The molecule has 0 radical (unpaired) electrons. The van der Waals surface area contributed by atoms with Crippen LogP contribution >= 0.6 is 23.4 Å². The Bertz CT molecular complexity index is 933. The molecule has 0 atom stereocenters. The highest BCUT2D eigenvalue weighted by atomic mass is 35.5. The summed E-state index contributed by atoms with van der Waals surface area (Å²) in [7, 11) is 0. The fraction of sp³-hybridized carbons (Fsp3) is 0.625. The topological polar surface area (TPSA) is 108 Å². The van der Waals surface area contributed by atoms with Gasteiger partial charge in [-0.2, -0.15) is 0 Å². The van der Waals surface area contributed by atoms with Crippen LogP contribution in [0.15, 0.2) is 22.2 Å². The second-order valence-corrected chi connectivity index (χ2v) is 10.7. The van der Waals surface area contributed by atoms with Crippen LogP contribution in [0.5, 0.6) is 0 Å². The number of nitrogens with two attached hydrogens (primary N) is 1. The van der Waals surface area contributed by atoms with E-state index in [-0.39, 0.29) is 12.7 Å². The minimum absolute atomic E-state index is 0.0833. The van der Waals surface area contributed by atoms with Crippen molar-refractivity contribution in [2.45, 2.75) is 88.3 Å². The SMILES string of the molecule is CCCCC1(C)CCN(c2nc(C)c(Sc3ccnc(N)c3Cl)nc2CO)CC1.OC1CC1. The van der Waals surface area contributed by atoms with E-state index in [1.807, 2.05) is 6.92 Å². The van der Waals surface area contributed by atoms with Crippen LogP contribution in [-0.4, -0.2) is 44.4 Å². The summed E-state index contributed by atoms with van der Waals surface area (Å²) < 4.78 is 0. The van der Waals surface area contributed by atoms with E-state index in [1.54, 1.807) is 12.3 Å². The molecule has 4 rings (SSSR count). The molecular weight excluding hydrogens is 458 g/mol. The van der Waals surface area contributed by atoms with Gasteiger partial charge in [-0.25, -0.2) is 15.0 Å². The number of hydrogen-bond acceptors (Lipinski definition) is 8. The second kappa shape index (κ2) is 11.7. The number of pyridine rings is 1. The van der Waals surface area contributed by atoms with Gasteiger partial charge in [0.25, 0.3) is 0 Å². The highest BCUT2D eigenvalue weighted by Crippen LogP contribution is 2.39. The van der Waals surface area contributed by atoms with Crippen molar-refractivity contribution in [2.24, 2.45) is 5.41 Å². The molecule has 0 bridgehead atoms. The number of anilines is 2. The van der Waals surface area contributed by atoms with E-state index in [0.29, 0.717) is 21.9 Å². The van der Waals surface area contributed by atoms with Crippen LogP contribution in [0, 0.1) is 12.3 Å². The van der Waals surface area contributed by atoms with Crippen LogP contribution in [0.25, 0.3) is 0 Å². The maximum absolute atomic E-state index is 9.95. The minimum atomic E-state index is -0.147. The van der Waals surface area contributed by atoms with Crippen LogP contribution < -0.4 is 10.6 Å². The number of aliphatic hydroxyl groups is 2. The molecule has 0 amide bonds. The molecule has 2 aromatic heterocycles. The van der Waals surface area contributed by atoms with E-state index in [1.165, 1.54) is 31.0 Å². The summed E-state index contributed by atoms with van der Waals surface area (Å²) in [6.07, 6.45) is 9.87. The number of aliphatic hydroxyl groups excluding tert-OH is 2. The molecule has 7 nitrogen and oxygen atoms in total. The Morgan fingerprint density at radius 2 is 1.94 bits per heavy atom. The first-order valence-corrected chi connectivity index (χ1v) is 12.9. The Morgan fingerprint density at radius 3 is 2.52 bits per heavy atom. The molecule has 1 aliphatic heterocycles. The van der Waals surface area contributed by atoms with Gasteiger partial charge in [0.15, 0.2) is 5.82 Å². The van der Waals surface area contributed by atoms with Crippen molar-refractivity contribution >= 4 is 35.0 Å². The van der Waals surface area contributed by atoms with Crippen molar-refractivity contribution in [3.05, 3.63) is 28.7 Å². The summed E-state index contributed by atoms with van der Waals surface area (Å²) in [5, 5.41) is 19.3. The maximum Gasteiger partial charge on any atom is 0.153 e. The van der Waals surface area contributed by atoms with Gasteiger partial charge in [-0.3, -0.25) is 0 Å². The Morgan fingerprint density at radius 1 is 1.27 bits per heavy atom. The first-order chi connectivity index (χ1) is 15.8. The zero-order chi connectivity index (χ0) is 24.0. The third-order valence-corrected chi connectivity index (χ3v) is 7.92.